The lowest BCUT2D eigenvalue weighted by Crippen LogP contribution is -2.40. The lowest BCUT2D eigenvalue weighted by atomic mass is 9.90. The van der Waals surface area contributed by atoms with Gasteiger partial charge in [0.1, 0.15) is 0 Å². The van der Waals surface area contributed by atoms with Crippen molar-refractivity contribution in [1.29, 1.82) is 0 Å². The summed E-state index contributed by atoms with van der Waals surface area (Å²) in [7, 11) is 2.01. The van der Waals surface area contributed by atoms with Crippen LogP contribution in [0.5, 0.6) is 0 Å². The summed E-state index contributed by atoms with van der Waals surface area (Å²) >= 11 is 0. The van der Waals surface area contributed by atoms with Crippen LogP contribution in [-0.4, -0.2) is 57.7 Å². The van der Waals surface area contributed by atoms with Crippen LogP contribution in [0.1, 0.15) is 66.7 Å². The zero-order valence-corrected chi connectivity index (χ0v) is 15.0. The molecule has 1 aromatic heterocycles. The maximum Gasteiger partial charge on any atom is 0.274 e. The van der Waals surface area contributed by atoms with Gasteiger partial charge in [0.05, 0.1) is 0 Å². The molecule has 0 spiro atoms. The molecule has 1 aliphatic carbocycles. The second-order valence-electron chi connectivity index (χ2n) is 7.74. The number of hydrogen-bond donors (Lipinski definition) is 0. The molecule has 1 aromatic rings. The van der Waals surface area contributed by atoms with E-state index in [0.29, 0.717) is 6.04 Å². The normalized spacial score (nSPS) is 25.5. The highest BCUT2D eigenvalue weighted by atomic mass is 16.2. The summed E-state index contributed by atoms with van der Waals surface area (Å²) in [6.07, 6.45) is 11.0. The third kappa shape index (κ3) is 2.99. The molecule has 1 atom stereocenters. The van der Waals surface area contributed by atoms with E-state index in [1.54, 1.807) is 0 Å². The highest BCUT2D eigenvalue weighted by molar-refractivity contribution is 5.94. The molecule has 1 amide bonds. The highest BCUT2D eigenvalue weighted by Gasteiger charge is 2.33. The average Bonchev–Trinajstić information content (AvgIpc) is 3.15. The molecule has 0 radical (unpaired) electrons. The van der Waals surface area contributed by atoms with Gasteiger partial charge in [0.2, 0.25) is 0 Å². The van der Waals surface area contributed by atoms with Gasteiger partial charge >= 0.3 is 0 Å². The molecule has 5 heteroatoms. The number of rotatable bonds is 2. The summed E-state index contributed by atoms with van der Waals surface area (Å²) < 4.78 is 1.97. The van der Waals surface area contributed by atoms with Gasteiger partial charge in [-0.15, -0.1) is 0 Å². The molecule has 0 N–H and O–H groups in total. The Morgan fingerprint density at radius 1 is 1.00 bits per heavy atom. The Morgan fingerprint density at radius 2 is 1.67 bits per heavy atom. The van der Waals surface area contributed by atoms with Crippen molar-refractivity contribution in [3.8, 4) is 0 Å². The minimum absolute atomic E-state index is 0.167. The first-order valence-corrected chi connectivity index (χ1v) is 9.82. The quantitative estimate of drug-likeness (QED) is 0.836. The van der Waals surface area contributed by atoms with Crippen LogP contribution in [0.25, 0.3) is 0 Å². The maximum atomic E-state index is 12.9. The Labute approximate surface area is 145 Å². The molecule has 0 aromatic carbocycles. The van der Waals surface area contributed by atoms with Crippen LogP contribution >= 0.6 is 0 Å². The van der Waals surface area contributed by atoms with Crippen LogP contribution in [0.4, 0.5) is 0 Å². The second-order valence-corrected chi connectivity index (χ2v) is 7.74. The summed E-state index contributed by atoms with van der Waals surface area (Å²) in [6, 6.07) is 0.602. The van der Waals surface area contributed by atoms with Crippen LogP contribution in [-0.2, 0) is 19.9 Å². The predicted molar refractivity (Wildman–Crippen MR) is 94.2 cm³/mol. The fourth-order valence-corrected chi connectivity index (χ4v) is 4.78. The Bertz CT molecular complexity index is 595. The number of nitrogens with zero attached hydrogens (tertiary/aromatic N) is 4. The Balaban J connectivity index is 1.56. The van der Waals surface area contributed by atoms with Crippen LogP contribution in [0.15, 0.2) is 0 Å². The molecular weight excluding hydrogens is 300 g/mol. The smallest absolute Gasteiger partial charge is 0.274 e. The number of amides is 1. The third-order valence-electron chi connectivity index (χ3n) is 6.18. The first kappa shape index (κ1) is 16.1. The molecule has 0 saturated carbocycles. The Hall–Kier alpha value is -1.36. The van der Waals surface area contributed by atoms with Crippen molar-refractivity contribution in [2.75, 3.05) is 26.2 Å². The van der Waals surface area contributed by atoms with Crippen molar-refractivity contribution in [1.82, 2.24) is 19.6 Å². The first-order chi connectivity index (χ1) is 11.7. The van der Waals surface area contributed by atoms with Gasteiger partial charge in [0, 0.05) is 37.4 Å². The van der Waals surface area contributed by atoms with Gasteiger partial charge in [-0.05, 0) is 58.0 Å². The summed E-state index contributed by atoms with van der Waals surface area (Å²) in [4.78, 5) is 17.6. The van der Waals surface area contributed by atoms with E-state index in [2.05, 4.69) is 10.00 Å². The molecule has 5 nitrogen and oxygen atoms in total. The Morgan fingerprint density at radius 3 is 2.38 bits per heavy atom. The van der Waals surface area contributed by atoms with Crippen molar-refractivity contribution in [3.63, 3.8) is 0 Å². The fourth-order valence-electron chi connectivity index (χ4n) is 4.78. The van der Waals surface area contributed by atoms with Crippen molar-refractivity contribution < 1.29 is 4.79 Å². The van der Waals surface area contributed by atoms with E-state index in [1.165, 1.54) is 56.5 Å². The molecule has 3 aliphatic rings. The average molecular weight is 330 g/mol. The second kappa shape index (κ2) is 6.87. The maximum absolute atomic E-state index is 12.9. The minimum atomic E-state index is 0.167. The summed E-state index contributed by atoms with van der Waals surface area (Å²) in [5, 5.41) is 4.64. The number of carbonyl (C=O) groups is 1. The summed E-state index contributed by atoms with van der Waals surface area (Å²) in [6.45, 7) is 4.27. The molecular formula is C19H30N4O. The summed E-state index contributed by atoms with van der Waals surface area (Å²) in [5.74, 6) is 0.167. The molecule has 4 rings (SSSR count). The van der Waals surface area contributed by atoms with Gasteiger partial charge in [-0.2, -0.15) is 5.10 Å². The van der Waals surface area contributed by atoms with Crippen molar-refractivity contribution >= 4 is 5.91 Å². The van der Waals surface area contributed by atoms with Gasteiger partial charge < -0.3 is 9.80 Å². The van der Waals surface area contributed by atoms with E-state index in [-0.39, 0.29) is 5.91 Å². The monoisotopic (exact) mass is 330 g/mol. The zero-order valence-electron chi connectivity index (χ0n) is 15.0. The van der Waals surface area contributed by atoms with Gasteiger partial charge in [0.25, 0.3) is 5.91 Å². The standard InChI is InChI=1S/C19H30N4O/c1-21-17-9-8-15(22-10-4-2-3-5-11-22)14-16(17)18(20-21)19(24)23-12-6-7-13-23/h15H,2-14H2,1H3/t15-/m0/s1. The number of hydrogen-bond acceptors (Lipinski definition) is 3. The van der Waals surface area contributed by atoms with Gasteiger partial charge in [-0.3, -0.25) is 9.48 Å². The predicted octanol–water partition coefficient (Wildman–Crippen LogP) is 2.39. The van der Waals surface area contributed by atoms with Gasteiger partial charge in [0.15, 0.2) is 5.69 Å². The van der Waals surface area contributed by atoms with Gasteiger partial charge in [-0.1, -0.05) is 12.8 Å². The zero-order chi connectivity index (χ0) is 16.5. The number of fused-ring (bicyclic) bond motifs is 1. The van der Waals surface area contributed by atoms with Crippen molar-refractivity contribution in [2.24, 2.45) is 7.05 Å². The highest BCUT2D eigenvalue weighted by Crippen LogP contribution is 2.29. The van der Waals surface area contributed by atoms with Crippen molar-refractivity contribution in [3.05, 3.63) is 17.0 Å². The van der Waals surface area contributed by atoms with Crippen LogP contribution < -0.4 is 0 Å². The van der Waals surface area contributed by atoms with Crippen LogP contribution in [0, 0.1) is 0 Å². The van der Waals surface area contributed by atoms with E-state index in [9.17, 15) is 4.79 Å². The number of likely N-dealkylation sites (tertiary alicyclic amines) is 2. The minimum Gasteiger partial charge on any atom is -0.337 e. The van der Waals surface area contributed by atoms with E-state index in [4.69, 9.17) is 0 Å². The lowest BCUT2D eigenvalue weighted by molar-refractivity contribution is 0.0784. The molecule has 2 saturated heterocycles. The molecule has 24 heavy (non-hydrogen) atoms. The van der Waals surface area contributed by atoms with Crippen LogP contribution in [0.3, 0.4) is 0 Å². The van der Waals surface area contributed by atoms with E-state index >= 15 is 0 Å². The molecule has 3 heterocycles. The first-order valence-electron chi connectivity index (χ1n) is 9.82. The summed E-state index contributed by atoms with van der Waals surface area (Å²) in [5.41, 5.74) is 3.28. The number of aromatic nitrogens is 2. The van der Waals surface area contributed by atoms with Gasteiger partial charge in [-0.25, -0.2) is 0 Å². The van der Waals surface area contributed by atoms with Crippen molar-refractivity contribution in [2.45, 2.75) is 63.8 Å². The van der Waals surface area contributed by atoms with Crippen LogP contribution in [0.2, 0.25) is 0 Å². The van der Waals surface area contributed by atoms with E-state index < -0.39 is 0 Å². The number of carbonyl (C=O) groups excluding carboxylic acids is 1. The Kier molecular flexibility index (Phi) is 4.61. The topological polar surface area (TPSA) is 41.4 Å². The molecule has 132 valence electrons. The molecule has 2 fully saturated rings. The SMILES string of the molecule is Cn1nc(C(=O)N2CCCC2)c2c1CC[C@H](N1CCCCCC1)C2. The molecule has 2 aliphatic heterocycles. The largest absolute Gasteiger partial charge is 0.337 e. The molecule has 0 unspecified atom stereocenters. The van der Waals surface area contributed by atoms with E-state index in [0.717, 1.165) is 44.5 Å². The molecule has 0 bridgehead atoms. The fraction of sp³-hybridized carbons (Fsp3) is 0.789. The third-order valence-corrected chi connectivity index (χ3v) is 6.18. The lowest BCUT2D eigenvalue weighted by Gasteiger charge is -2.33. The van der Waals surface area contributed by atoms with E-state index in [1.807, 2.05) is 16.6 Å². The number of aryl methyl sites for hydroxylation is 1.